The average molecular weight is 503 g/mol. The van der Waals surface area contributed by atoms with Crippen molar-refractivity contribution in [3.05, 3.63) is 77.4 Å². The fraction of sp³-hybridized carbons (Fsp3) is 0.310. The lowest BCUT2D eigenvalue weighted by Gasteiger charge is -2.40. The number of hydrogen-bond donors (Lipinski definition) is 0. The highest BCUT2D eigenvalue weighted by atomic mass is 16.5. The number of imide groups is 1. The summed E-state index contributed by atoms with van der Waals surface area (Å²) >= 11 is 0. The quantitative estimate of drug-likeness (QED) is 0.452. The number of nitrogens with zero attached hydrogens (tertiary/aromatic N) is 2. The van der Waals surface area contributed by atoms with Gasteiger partial charge in [-0.25, -0.2) is 4.90 Å². The Hall–Kier alpha value is -4.04. The number of hydrogen-bond acceptors (Lipinski definition) is 7. The molecule has 2 amide bonds. The van der Waals surface area contributed by atoms with Gasteiger partial charge in [-0.15, -0.1) is 0 Å². The summed E-state index contributed by atoms with van der Waals surface area (Å²) in [6.45, 7) is 0.591. The smallest absolute Gasteiger partial charge is 0.251 e. The molecule has 2 aliphatic heterocycles. The Morgan fingerprint density at radius 1 is 0.757 bits per heavy atom. The third-order valence-electron chi connectivity index (χ3n) is 7.17. The van der Waals surface area contributed by atoms with Crippen molar-refractivity contribution in [1.29, 1.82) is 0 Å². The molecule has 2 atom stereocenters. The molecule has 3 aromatic carbocycles. The number of para-hydroxylation sites is 1. The minimum atomic E-state index is -0.605. The summed E-state index contributed by atoms with van der Waals surface area (Å²) in [5.41, 5.74) is 3.61. The van der Waals surface area contributed by atoms with Crippen LogP contribution in [-0.2, 0) is 16.0 Å². The second-order valence-corrected chi connectivity index (χ2v) is 9.03. The number of ether oxygens (including phenoxy) is 4. The van der Waals surface area contributed by atoms with E-state index in [0.717, 1.165) is 16.7 Å². The fourth-order valence-corrected chi connectivity index (χ4v) is 5.42. The molecule has 0 unspecified atom stereocenters. The maximum atomic E-state index is 13.7. The molecule has 0 aliphatic carbocycles. The second-order valence-electron chi connectivity index (χ2n) is 9.03. The van der Waals surface area contributed by atoms with Crippen molar-refractivity contribution in [2.75, 3.05) is 39.9 Å². The van der Waals surface area contributed by atoms with Crippen molar-refractivity contribution in [3.63, 3.8) is 0 Å². The van der Waals surface area contributed by atoms with Crippen LogP contribution in [0, 0.1) is 0 Å². The fourth-order valence-electron chi connectivity index (χ4n) is 5.42. The van der Waals surface area contributed by atoms with E-state index in [2.05, 4.69) is 4.90 Å². The van der Waals surface area contributed by atoms with Crippen LogP contribution in [0.3, 0.4) is 0 Å². The van der Waals surface area contributed by atoms with E-state index in [1.54, 1.807) is 40.6 Å². The van der Waals surface area contributed by atoms with E-state index in [9.17, 15) is 9.59 Å². The van der Waals surface area contributed by atoms with Gasteiger partial charge in [0.25, 0.3) is 5.91 Å². The zero-order valence-corrected chi connectivity index (χ0v) is 21.4. The molecule has 8 heteroatoms. The molecule has 1 fully saturated rings. The first-order valence-corrected chi connectivity index (χ1v) is 12.1. The summed E-state index contributed by atoms with van der Waals surface area (Å²) in [5, 5.41) is 0. The summed E-state index contributed by atoms with van der Waals surface area (Å²) in [4.78, 5) is 30.3. The van der Waals surface area contributed by atoms with Crippen LogP contribution in [0.1, 0.15) is 29.2 Å². The minimum absolute atomic E-state index is 0.111. The van der Waals surface area contributed by atoms with Gasteiger partial charge < -0.3 is 18.9 Å². The summed E-state index contributed by atoms with van der Waals surface area (Å²) < 4.78 is 22.2. The van der Waals surface area contributed by atoms with E-state index < -0.39 is 6.04 Å². The van der Waals surface area contributed by atoms with Crippen LogP contribution in [0.4, 0.5) is 5.69 Å². The van der Waals surface area contributed by atoms with E-state index in [1.165, 1.54) is 4.90 Å². The molecular formula is C29H30N2O6. The number of carbonyl (C=O) groups is 2. The van der Waals surface area contributed by atoms with Gasteiger partial charge in [0, 0.05) is 6.54 Å². The first-order valence-electron chi connectivity index (χ1n) is 12.1. The van der Waals surface area contributed by atoms with Crippen molar-refractivity contribution in [3.8, 4) is 23.0 Å². The lowest BCUT2D eigenvalue weighted by molar-refractivity contribution is -0.123. The van der Waals surface area contributed by atoms with E-state index in [-0.39, 0.29) is 24.3 Å². The predicted octanol–water partition coefficient (Wildman–Crippen LogP) is 4.00. The molecule has 2 heterocycles. The Morgan fingerprint density at radius 2 is 1.41 bits per heavy atom. The monoisotopic (exact) mass is 502 g/mol. The lowest BCUT2D eigenvalue weighted by Crippen LogP contribution is -2.47. The second kappa shape index (κ2) is 10.1. The zero-order chi connectivity index (χ0) is 26.1. The molecule has 0 spiro atoms. The predicted molar refractivity (Wildman–Crippen MR) is 139 cm³/mol. The largest absolute Gasteiger partial charge is 0.493 e. The highest BCUT2D eigenvalue weighted by Crippen LogP contribution is 2.44. The Labute approximate surface area is 216 Å². The SMILES string of the molecule is COc1ccc([C@@H]2c3cc(OC)c(OC)cc3CCN2[C@@H]2CC(=O)N(c3ccccc3)C2=O)cc1OC. The third-order valence-corrected chi connectivity index (χ3v) is 7.17. The molecule has 0 N–H and O–H groups in total. The van der Waals surface area contributed by atoms with Gasteiger partial charge >= 0.3 is 0 Å². The highest BCUT2D eigenvalue weighted by molar-refractivity contribution is 6.22. The van der Waals surface area contributed by atoms with Gasteiger partial charge in [0.1, 0.15) is 0 Å². The van der Waals surface area contributed by atoms with E-state index >= 15 is 0 Å². The highest BCUT2D eigenvalue weighted by Gasteiger charge is 2.46. The summed E-state index contributed by atoms with van der Waals surface area (Å²) in [6, 6.07) is 17.9. The first-order chi connectivity index (χ1) is 18.0. The molecular weight excluding hydrogens is 472 g/mol. The standard InChI is InChI=1S/C29H30N2O6/c1-34-23-11-10-19(15-24(23)35-2)28-21-16-26(37-4)25(36-3)14-18(21)12-13-30(28)22-17-27(32)31(29(22)33)20-8-6-5-7-9-20/h5-11,14-16,22,28H,12-13,17H2,1-4H3/t22-,28-/m1/s1. The van der Waals surface area contributed by atoms with E-state index in [1.807, 2.05) is 48.5 Å². The number of benzene rings is 3. The molecule has 2 aliphatic rings. The molecule has 3 aromatic rings. The molecule has 0 radical (unpaired) electrons. The van der Waals surface area contributed by atoms with Crippen molar-refractivity contribution < 1.29 is 28.5 Å². The van der Waals surface area contributed by atoms with Crippen molar-refractivity contribution in [1.82, 2.24) is 4.90 Å². The van der Waals surface area contributed by atoms with Crippen molar-refractivity contribution in [2.24, 2.45) is 0 Å². The number of rotatable bonds is 7. The van der Waals surface area contributed by atoms with Crippen molar-refractivity contribution in [2.45, 2.75) is 24.9 Å². The number of methoxy groups -OCH3 is 4. The third kappa shape index (κ3) is 4.27. The summed E-state index contributed by atoms with van der Waals surface area (Å²) in [6.07, 6.45) is 0.808. The number of anilines is 1. The maximum absolute atomic E-state index is 13.7. The topological polar surface area (TPSA) is 77.5 Å². The van der Waals surface area contributed by atoms with Crippen LogP contribution in [-0.4, -0.2) is 57.7 Å². The van der Waals surface area contributed by atoms with Crippen LogP contribution >= 0.6 is 0 Å². The normalized spacial score (nSPS) is 19.5. The van der Waals surface area contributed by atoms with E-state index in [0.29, 0.717) is 41.7 Å². The van der Waals surface area contributed by atoms with Crippen LogP contribution in [0.15, 0.2) is 60.7 Å². The van der Waals surface area contributed by atoms with Crippen LogP contribution in [0.5, 0.6) is 23.0 Å². The molecule has 1 saturated heterocycles. The molecule has 0 saturated carbocycles. The summed E-state index contributed by atoms with van der Waals surface area (Å²) in [7, 11) is 6.41. The van der Waals surface area contributed by atoms with Gasteiger partial charge in [-0.2, -0.15) is 0 Å². The Morgan fingerprint density at radius 3 is 2.08 bits per heavy atom. The van der Waals surface area contributed by atoms with Gasteiger partial charge in [-0.3, -0.25) is 14.5 Å². The molecule has 0 aromatic heterocycles. The van der Waals surface area contributed by atoms with Crippen LogP contribution in [0.25, 0.3) is 0 Å². The van der Waals surface area contributed by atoms with E-state index in [4.69, 9.17) is 18.9 Å². The molecule has 37 heavy (non-hydrogen) atoms. The molecule has 0 bridgehead atoms. The molecule has 192 valence electrons. The first kappa shape index (κ1) is 24.6. The minimum Gasteiger partial charge on any atom is -0.493 e. The van der Waals surface area contributed by atoms with Crippen molar-refractivity contribution >= 4 is 17.5 Å². The zero-order valence-electron chi connectivity index (χ0n) is 21.4. The van der Waals surface area contributed by atoms with Gasteiger partial charge in [0.2, 0.25) is 5.91 Å². The Bertz CT molecular complexity index is 1330. The Balaban J connectivity index is 1.62. The maximum Gasteiger partial charge on any atom is 0.251 e. The Kier molecular flexibility index (Phi) is 6.76. The number of amides is 2. The lowest BCUT2D eigenvalue weighted by atomic mass is 9.86. The van der Waals surface area contributed by atoms with Gasteiger partial charge in [0.15, 0.2) is 23.0 Å². The van der Waals surface area contributed by atoms with Crippen LogP contribution in [0.2, 0.25) is 0 Å². The van der Waals surface area contributed by atoms with Crippen LogP contribution < -0.4 is 23.8 Å². The number of carbonyl (C=O) groups excluding carboxylic acids is 2. The molecule has 5 rings (SSSR count). The number of fused-ring (bicyclic) bond motifs is 1. The van der Waals surface area contributed by atoms with Gasteiger partial charge in [-0.1, -0.05) is 24.3 Å². The average Bonchev–Trinajstić information content (AvgIpc) is 3.24. The van der Waals surface area contributed by atoms with Gasteiger partial charge in [-0.05, 0) is 59.5 Å². The van der Waals surface area contributed by atoms with Gasteiger partial charge in [0.05, 0.1) is 52.6 Å². The summed E-state index contributed by atoms with van der Waals surface area (Å²) in [5.74, 6) is 2.04. The molecule has 8 nitrogen and oxygen atoms in total.